The van der Waals surface area contributed by atoms with Gasteiger partial charge >= 0.3 is 0 Å². The first-order valence-electron chi connectivity index (χ1n) is 7.99. The third-order valence-electron chi connectivity index (χ3n) is 3.94. The van der Waals surface area contributed by atoms with E-state index in [9.17, 15) is 5.11 Å². The third-order valence-corrected chi connectivity index (χ3v) is 5.55. The Balaban J connectivity index is 1.73. The summed E-state index contributed by atoms with van der Waals surface area (Å²) in [6.45, 7) is 0. The summed E-state index contributed by atoms with van der Waals surface area (Å²) in [5.74, 6) is 0.498. The van der Waals surface area contributed by atoms with Crippen molar-refractivity contribution in [3.8, 4) is 17.2 Å². The first-order chi connectivity index (χ1) is 13.4. The van der Waals surface area contributed by atoms with Gasteiger partial charge in [0.05, 0.1) is 19.8 Å². The lowest BCUT2D eigenvalue weighted by Gasteiger charge is -2.04. The Hall–Kier alpha value is -1.80. The van der Waals surface area contributed by atoms with Crippen LogP contribution in [-0.4, -0.2) is 16.3 Å². The number of oxazole rings is 1. The maximum absolute atomic E-state index is 10.2. The third kappa shape index (κ3) is 3.98. The van der Waals surface area contributed by atoms with Crippen molar-refractivity contribution in [1.82, 2.24) is 4.98 Å². The highest BCUT2D eigenvalue weighted by Gasteiger charge is 2.13. The van der Waals surface area contributed by atoms with E-state index in [1.807, 2.05) is 22.6 Å². The van der Waals surface area contributed by atoms with Crippen molar-refractivity contribution < 1.29 is 9.52 Å². The van der Waals surface area contributed by atoms with E-state index >= 15 is 0 Å². The van der Waals surface area contributed by atoms with Crippen molar-refractivity contribution in [2.24, 2.45) is 4.99 Å². The highest BCUT2D eigenvalue weighted by atomic mass is 127. The second-order valence-electron chi connectivity index (χ2n) is 5.88. The molecule has 0 spiro atoms. The Morgan fingerprint density at radius 1 is 1.00 bits per heavy atom. The largest absolute Gasteiger partial charge is 0.506 e. The van der Waals surface area contributed by atoms with Crippen molar-refractivity contribution in [2.75, 3.05) is 0 Å². The highest BCUT2D eigenvalue weighted by Crippen LogP contribution is 2.34. The van der Waals surface area contributed by atoms with Crippen LogP contribution in [0.25, 0.3) is 22.6 Å². The van der Waals surface area contributed by atoms with Crippen molar-refractivity contribution in [3.63, 3.8) is 0 Å². The first-order valence-corrected chi connectivity index (χ1v) is 10.2. The summed E-state index contributed by atoms with van der Waals surface area (Å²) in [6.07, 6.45) is 1.54. The summed E-state index contributed by atoms with van der Waals surface area (Å²) in [5, 5.41) is 11.7. The second-order valence-corrected chi connectivity index (χ2v) is 8.32. The van der Waals surface area contributed by atoms with Gasteiger partial charge in [-0.25, -0.2) is 4.98 Å². The Morgan fingerprint density at radius 2 is 1.82 bits per heavy atom. The number of aromatic hydroxyl groups is 1. The van der Waals surface area contributed by atoms with Gasteiger partial charge in [0.15, 0.2) is 5.58 Å². The Bertz CT molecular complexity index is 1240. The maximum Gasteiger partial charge on any atom is 0.228 e. The van der Waals surface area contributed by atoms with Gasteiger partial charge in [-0.1, -0.05) is 34.8 Å². The summed E-state index contributed by atoms with van der Waals surface area (Å²) in [5.41, 5.74) is 3.00. The van der Waals surface area contributed by atoms with E-state index in [-0.39, 0.29) is 5.75 Å². The molecule has 0 aliphatic rings. The van der Waals surface area contributed by atoms with Crippen LogP contribution in [0.1, 0.15) is 5.56 Å². The van der Waals surface area contributed by atoms with Crippen LogP contribution in [0.4, 0.5) is 5.69 Å². The molecule has 0 aliphatic carbocycles. The molecule has 0 saturated heterocycles. The molecule has 0 radical (unpaired) electrons. The van der Waals surface area contributed by atoms with E-state index in [1.165, 1.54) is 0 Å². The fourth-order valence-electron chi connectivity index (χ4n) is 2.60. The molecule has 4 nitrogen and oxygen atoms in total. The van der Waals surface area contributed by atoms with Crippen molar-refractivity contribution >= 4 is 80.4 Å². The van der Waals surface area contributed by atoms with Gasteiger partial charge in [-0.3, -0.25) is 4.99 Å². The molecule has 0 unspecified atom stereocenters. The van der Waals surface area contributed by atoms with Crippen LogP contribution in [0.3, 0.4) is 0 Å². The molecule has 0 amide bonds. The van der Waals surface area contributed by atoms with Gasteiger partial charge in [0.25, 0.3) is 0 Å². The number of nitrogens with zero attached hydrogens (tertiary/aromatic N) is 2. The minimum atomic E-state index is 0.124. The highest BCUT2D eigenvalue weighted by molar-refractivity contribution is 14.1. The van der Waals surface area contributed by atoms with Gasteiger partial charge < -0.3 is 9.52 Å². The van der Waals surface area contributed by atoms with Crippen LogP contribution >= 0.6 is 57.4 Å². The number of aliphatic imine (C=N–C) groups is 1. The summed E-state index contributed by atoms with van der Waals surface area (Å²) in [7, 11) is 0. The molecule has 1 aromatic heterocycles. The fraction of sp³-hybridized carbons (Fsp3) is 0. The molecule has 4 rings (SSSR count). The number of fused-ring (bicyclic) bond motifs is 1. The fourth-order valence-corrected chi connectivity index (χ4v) is 4.02. The van der Waals surface area contributed by atoms with Crippen LogP contribution in [-0.2, 0) is 0 Å². The molecule has 0 saturated carbocycles. The zero-order chi connectivity index (χ0) is 19.8. The number of hydrogen-bond acceptors (Lipinski definition) is 4. The van der Waals surface area contributed by atoms with Gasteiger partial charge in [-0.2, -0.15) is 0 Å². The molecule has 3 aromatic carbocycles. The van der Waals surface area contributed by atoms with Crippen molar-refractivity contribution in [3.05, 3.63) is 72.7 Å². The monoisotopic (exact) mass is 542 g/mol. The molecule has 0 aliphatic heterocycles. The van der Waals surface area contributed by atoms with Gasteiger partial charge in [0.2, 0.25) is 5.89 Å². The van der Waals surface area contributed by atoms with Gasteiger partial charge in [-0.15, -0.1) is 0 Å². The summed E-state index contributed by atoms with van der Waals surface area (Å²) in [6, 6.07) is 13.8. The lowest BCUT2D eigenvalue weighted by atomic mass is 10.2. The van der Waals surface area contributed by atoms with E-state index in [1.54, 1.807) is 54.7 Å². The average Bonchev–Trinajstić information content (AvgIpc) is 3.07. The van der Waals surface area contributed by atoms with E-state index < -0.39 is 0 Å². The second kappa shape index (κ2) is 7.91. The number of aromatic nitrogens is 1. The van der Waals surface area contributed by atoms with Gasteiger partial charge in [-0.05, 0) is 71.1 Å². The van der Waals surface area contributed by atoms with E-state index in [0.717, 1.165) is 0 Å². The predicted molar refractivity (Wildman–Crippen MR) is 123 cm³/mol. The lowest BCUT2D eigenvalue weighted by Crippen LogP contribution is -1.86. The van der Waals surface area contributed by atoms with Crippen LogP contribution in [0.15, 0.2) is 57.9 Å². The molecule has 140 valence electrons. The first kappa shape index (κ1) is 19.5. The number of rotatable bonds is 3. The van der Waals surface area contributed by atoms with Gasteiger partial charge in [0.1, 0.15) is 11.3 Å². The van der Waals surface area contributed by atoms with E-state index in [0.29, 0.717) is 52.4 Å². The Labute approximate surface area is 188 Å². The quantitative estimate of drug-likeness (QED) is 0.215. The van der Waals surface area contributed by atoms with E-state index in [4.69, 9.17) is 39.2 Å². The number of benzene rings is 3. The van der Waals surface area contributed by atoms with Crippen LogP contribution in [0.5, 0.6) is 5.75 Å². The SMILES string of the molecule is Oc1c(I)cc(Cl)cc1C=Nc1ccc(Cl)c(-c2nc3cc(Cl)ccc3o2)c1. The minimum Gasteiger partial charge on any atom is -0.506 e. The standard InChI is InChI=1S/C20H10Cl3IN2O2/c21-11-1-4-18-17(7-11)26-20(28-18)14-8-13(2-3-15(14)23)25-9-10-5-12(22)6-16(24)19(10)27/h1-9,27H. The number of phenolic OH excluding ortho intramolecular Hbond substituents is 1. The molecule has 1 N–H and O–H groups in total. The molecule has 0 atom stereocenters. The number of phenols is 1. The smallest absolute Gasteiger partial charge is 0.228 e. The number of halogens is 4. The van der Waals surface area contributed by atoms with Crippen molar-refractivity contribution in [1.29, 1.82) is 0 Å². The molecular weight excluding hydrogens is 533 g/mol. The average molecular weight is 544 g/mol. The lowest BCUT2D eigenvalue weighted by molar-refractivity contribution is 0.470. The van der Waals surface area contributed by atoms with Crippen molar-refractivity contribution in [2.45, 2.75) is 0 Å². The zero-order valence-corrected chi connectivity index (χ0v) is 18.4. The summed E-state index contributed by atoms with van der Waals surface area (Å²) < 4.78 is 6.44. The predicted octanol–water partition coefficient (Wildman–Crippen LogP) is 7.52. The molecule has 28 heavy (non-hydrogen) atoms. The minimum absolute atomic E-state index is 0.124. The summed E-state index contributed by atoms with van der Waals surface area (Å²) >= 11 is 20.4. The summed E-state index contributed by atoms with van der Waals surface area (Å²) in [4.78, 5) is 8.87. The number of hydrogen-bond donors (Lipinski definition) is 1. The molecule has 8 heteroatoms. The van der Waals surface area contributed by atoms with Crippen LogP contribution in [0, 0.1) is 3.57 Å². The molecular formula is C20H10Cl3IN2O2. The van der Waals surface area contributed by atoms with Crippen LogP contribution in [0.2, 0.25) is 15.1 Å². The maximum atomic E-state index is 10.2. The Kier molecular flexibility index (Phi) is 5.51. The van der Waals surface area contributed by atoms with Crippen LogP contribution < -0.4 is 0 Å². The van der Waals surface area contributed by atoms with E-state index in [2.05, 4.69) is 9.98 Å². The molecule has 0 fully saturated rings. The molecule has 0 bridgehead atoms. The zero-order valence-electron chi connectivity index (χ0n) is 14.0. The normalized spacial score (nSPS) is 11.6. The molecule has 1 heterocycles. The Morgan fingerprint density at radius 3 is 2.64 bits per heavy atom. The topological polar surface area (TPSA) is 58.6 Å². The van der Waals surface area contributed by atoms with Gasteiger partial charge in [0, 0.05) is 21.8 Å². The molecule has 4 aromatic rings.